The van der Waals surface area contributed by atoms with Crippen LogP contribution >= 0.6 is 0 Å². The summed E-state index contributed by atoms with van der Waals surface area (Å²) in [6.07, 6.45) is 3.81. The number of nitrogens with two attached hydrogens (primary N) is 2. The highest BCUT2D eigenvalue weighted by atomic mass is 16.1. The molecule has 4 N–H and O–H groups in total. The van der Waals surface area contributed by atoms with Crippen molar-refractivity contribution >= 4 is 11.7 Å². The zero-order valence-electron chi connectivity index (χ0n) is 10.7. The Morgan fingerprint density at radius 2 is 2.39 bits per heavy atom. The summed E-state index contributed by atoms with van der Waals surface area (Å²) < 4.78 is 0. The number of hydrogen-bond acceptors (Lipinski definition) is 4. The lowest BCUT2D eigenvalue weighted by molar-refractivity contribution is 0.1000. The van der Waals surface area contributed by atoms with Crippen LogP contribution in [0.5, 0.6) is 0 Å². The van der Waals surface area contributed by atoms with Crippen molar-refractivity contribution in [2.75, 3.05) is 18.0 Å². The molecule has 0 radical (unpaired) electrons. The van der Waals surface area contributed by atoms with Gasteiger partial charge in [0.2, 0.25) is 0 Å². The predicted octanol–water partition coefficient (Wildman–Crippen LogP) is 0.744. The number of piperidine rings is 1. The maximum absolute atomic E-state index is 11.4. The number of aromatic nitrogens is 1. The third-order valence-electron chi connectivity index (χ3n) is 3.57. The molecule has 5 nitrogen and oxygen atoms in total. The number of primary amides is 1. The van der Waals surface area contributed by atoms with E-state index in [1.165, 1.54) is 0 Å². The van der Waals surface area contributed by atoms with Crippen molar-refractivity contribution in [2.45, 2.75) is 25.8 Å². The molecule has 2 atom stereocenters. The fourth-order valence-corrected chi connectivity index (χ4v) is 2.57. The van der Waals surface area contributed by atoms with Crippen LogP contribution < -0.4 is 16.4 Å². The minimum absolute atomic E-state index is 0.238. The number of carbonyl (C=O) groups excluding carboxylic acids is 1. The Morgan fingerprint density at radius 1 is 1.61 bits per heavy atom. The Bertz CT molecular complexity index is 435. The first kappa shape index (κ1) is 12.8. The van der Waals surface area contributed by atoms with E-state index in [0.29, 0.717) is 23.8 Å². The molecule has 0 aliphatic carbocycles. The summed E-state index contributed by atoms with van der Waals surface area (Å²) in [5, 5.41) is 0. The van der Waals surface area contributed by atoms with E-state index in [4.69, 9.17) is 11.5 Å². The smallest absolute Gasteiger partial charge is 0.252 e. The molecule has 5 heteroatoms. The number of pyridine rings is 1. The molecule has 0 saturated carbocycles. The molecule has 1 aromatic heterocycles. The van der Waals surface area contributed by atoms with E-state index in [1.54, 1.807) is 18.3 Å². The van der Waals surface area contributed by atoms with Gasteiger partial charge in [-0.05, 0) is 30.9 Å². The molecule has 1 aliphatic heterocycles. The molecule has 1 aliphatic rings. The van der Waals surface area contributed by atoms with Gasteiger partial charge in [0.25, 0.3) is 5.91 Å². The van der Waals surface area contributed by atoms with Gasteiger partial charge in [-0.25, -0.2) is 4.98 Å². The van der Waals surface area contributed by atoms with Crippen LogP contribution in [0.2, 0.25) is 0 Å². The normalized spacial score (nSPS) is 24.0. The first-order valence-electron chi connectivity index (χ1n) is 6.35. The van der Waals surface area contributed by atoms with Crippen LogP contribution in [0.15, 0.2) is 18.3 Å². The minimum Gasteiger partial charge on any atom is -0.365 e. The van der Waals surface area contributed by atoms with Crippen molar-refractivity contribution in [1.82, 2.24) is 4.98 Å². The summed E-state index contributed by atoms with van der Waals surface area (Å²) >= 11 is 0. The van der Waals surface area contributed by atoms with Crippen molar-refractivity contribution in [3.8, 4) is 0 Å². The molecule has 0 aromatic carbocycles. The van der Waals surface area contributed by atoms with Gasteiger partial charge in [0.05, 0.1) is 5.56 Å². The zero-order chi connectivity index (χ0) is 13.1. The highest BCUT2D eigenvalue weighted by Gasteiger charge is 2.28. The molecular formula is C13H20N4O. The lowest BCUT2D eigenvalue weighted by Crippen LogP contribution is -2.47. The number of carbonyl (C=O) groups is 1. The van der Waals surface area contributed by atoms with Gasteiger partial charge < -0.3 is 16.4 Å². The van der Waals surface area contributed by atoms with Crippen molar-refractivity contribution in [1.29, 1.82) is 0 Å². The van der Waals surface area contributed by atoms with Gasteiger partial charge in [0.15, 0.2) is 0 Å². The fourth-order valence-electron chi connectivity index (χ4n) is 2.57. The summed E-state index contributed by atoms with van der Waals surface area (Å²) in [5.74, 6) is 0.899. The van der Waals surface area contributed by atoms with E-state index >= 15 is 0 Å². The van der Waals surface area contributed by atoms with Crippen molar-refractivity contribution < 1.29 is 4.79 Å². The number of amides is 1. The Hall–Kier alpha value is -1.62. The van der Waals surface area contributed by atoms with Gasteiger partial charge in [-0.3, -0.25) is 4.79 Å². The minimum atomic E-state index is -0.438. The Labute approximate surface area is 107 Å². The first-order chi connectivity index (χ1) is 8.63. The molecule has 1 amide bonds. The van der Waals surface area contributed by atoms with E-state index in [1.807, 2.05) is 0 Å². The molecule has 1 fully saturated rings. The molecule has 2 rings (SSSR count). The lowest BCUT2D eigenvalue weighted by atomic mass is 9.92. The third-order valence-corrected chi connectivity index (χ3v) is 3.57. The van der Waals surface area contributed by atoms with Crippen LogP contribution in [0.1, 0.15) is 30.1 Å². The molecule has 0 spiro atoms. The van der Waals surface area contributed by atoms with Crippen LogP contribution in [0.25, 0.3) is 0 Å². The lowest BCUT2D eigenvalue weighted by Gasteiger charge is -2.39. The van der Waals surface area contributed by atoms with E-state index in [-0.39, 0.29) is 6.04 Å². The second-order valence-electron chi connectivity index (χ2n) is 4.95. The topological polar surface area (TPSA) is 85.2 Å². The van der Waals surface area contributed by atoms with Crippen molar-refractivity contribution in [3.05, 3.63) is 23.9 Å². The monoisotopic (exact) mass is 248 g/mol. The Kier molecular flexibility index (Phi) is 3.81. The quantitative estimate of drug-likeness (QED) is 0.826. The summed E-state index contributed by atoms with van der Waals surface area (Å²) in [5.41, 5.74) is 11.7. The standard InChI is InChI=1S/C13H20N4O/c1-9-4-6-17(10(7-9)8-14)13-11(12(15)18)3-2-5-16-13/h2-3,5,9-10H,4,6-8,14H2,1H3,(H2,15,18). The third kappa shape index (κ3) is 2.46. The van der Waals surface area contributed by atoms with Crippen LogP contribution in [-0.2, 0) is 0 Å². The average molecular weight is 248 g/mol. The summed E-state index contributed by atoms with van der Waals surface area (Å²) in [4.78, 5) is 17.9. The zero-order valence-corrected chi connectivity index (χ0v) is 10.7. The van der Waals surface area contributed by atoms with Crippen LogP contribution in [0.3, 0.4) is 0 Å². The number of nitrogens with zero attached hydrogens (tertiary/aromatic N) is 2. The molecule has 1 aromatic rings. The maximum atomic E-state index is 11.4. The maximum Gasteiger partial charge on any atom is 0.252 e. The first-order valence-corrected chi connectivity index (χ1v) is 6.35. The van der Waals surface area contributed by atoms with Crippen LogP contribution in [0, 0.1) is 5.92 Å². The van der Waals surface area contributed by atoms with Crippen LogP contribution in [0.4, 0.5) is 5.82 Å². The van der Waals surface area contributed by atoms with Gasteiger partial charge in [-0.15, -0.1) is 0 Å². The molecule has 98 valence electrons. The van der Waals surface area contributed by atoms with Gasteiger partial charge in [-0.2, -0.15) is 0 Å². The van der Waals surface area contributed by atoms with Crippen molar-refractivity contribution in [3.63, 3.8) is 0 Å². The van der Waals surface area contributed by atoms with Gasteiger partial charge in [-0.1, -0.05) is 6.92 Å². The fraction of sp³-hybridized carbons (Fsp3) is 0.538. The predicted molar refractivity (Wildman–Crippen MR) is 71.3 cm³/mol. The molecule has 18 heavy (non-hydrogen) atoms. The SMILES string of the molecule is CC1CCN(c2ncccc2C(N)=O)C(CN)C1. The summed E-state index contributed by atoms with van der Waals surface area (Å²) in [6.45, 7) is 3.67. The highest BCUT2D eigenvalue weighted by molar-refractivity contribution is 5.97. The van der Waals surface area contributed by atoms with E-state index in [9.17, 15) is 4.79 Å². The molecule has 2 unspecified atom stereocenters. The molecule has 2 heterocycles. The second kappa shape index (κ2) is 5.35. The van der Waals surface area contributed by atoms with E-state index < -0.39 is 5.91 Å². The average Bonchev–Trinajstić information content (AvgIpc) is 2.38. The summed E-state index contributed by atoms with van der Waals surface area (Å²) in [7, 11) is 0. The van der Waals surface area contributed by atoms with Crippen LogP contribution in [-0.4, -0.2) is 30.0 Å². The number of anilines is 1. The Balaban J connectivity index is 2.32. The number of rotatable bonds is 3. The largest absolute Gasteiger partial charge is 0.365 e. The molecule has 0 bridgehead atoms. The van der Waals surface area contributed by atoms with Gasteiger partial charge in [0, 0.05) is 25.3 Å². The second-order valence-corrected chi connectivity index (χ2v) is 4.95. The molecular weight excluding hydrogens is 228 g/mol. The van der Waals surface area contributed by atoms with Gasteiger partial charge in [0.1, 0.15) is 5.82 Å². The summed E-state index contributed by atoms with van der Waals surface area (Å²) in [6, 6.07) is 3.69. The highest BCUT2D eigenvalue weighted by Crippen LogP contribution is 2.28. The molecule has 1 saturated heterocycles. The Morgan fingerprint density at radius 3 is 3.06 bits per heavy atom. The number of hydrogen-bond donors (Lipinski definition) is 2. The van der Waals surface area contributed by atoms with Gasteiger partial charge >= 0.3 is 0 Å². The van der Waals surface area contributed by atoms with Crippen molar-refractivity contribution in [2.24, 2.45) is 17.4 Å². The van der Waals surface area contributed by atoms with E-state index in [0.717, 1.165) is 19.4 Å². The van der Waals surface area contributed by atoms with E-state index in [2.05, 4.69) is 16.8 Å².